The van der Waals surface area contributed by atoms with Crippen molar-refractivity contribution < 1.29 is 13.2 Å². The quantitative estimate of drug-likeness (QED) is 0.398. The summed E-state index contributed by atoms with van der Waals surface area (Å²) < 4.78 is 27.9. The van der Waals surface area contributed by atoms with Crippen LogP contribution in [0.15, 0.2) is 76.5 Å². The average Bonchev–Trinajstić information content (AvgIpc) is 2.90. The first-order valence-corrected chi connectivity index (χ1v) is 14.8. The Labute approximate surface area is 219 Å². The van der Waals surface area contributed by atoms with Crippen molar-refractivity contribution in [2.75, 3.05) is 48.2 Å². The number of carbonyl (C=O) groups excluding carboxylic acids is 1. The lowest BCUT2D eigenvalue weighted by molar-refractivity contribution is 0.0747. The van der Waals surface area contributed by atoms with Gasteiger partial charge in [0.2, 0.25) is 0 Å². The number of aryl methyl sites for hydroxylation is 1. The number of rotatable bonds is 7. The predicted molar refractivity (Wildman–Crippen MR) is 149 cm³/mol. The molecule has 1 aliphatic rings. The van der Waals surface area contributed by atoms with Crippen LogP contribution >= 0.6 is 11.8 Å². The van der Waals surface area contributed by atoms with Gasteiger partial charge in [-0.1, -0.05) is 12.1 Å². The fraction of sp³-hybridized carbons (Fsp3) is 0.321. The minimum atomic E-state index is -3.70. The van der Waals surface area contributed by atoms with Crippen molar-refractivity contribution in [1.29, 1.82) is 0 Å². The summed E-state index contributed by atoms with van der Waals surface area (Å²) in [5, 5.41) is 0. The molecule has 4 rings (SSSR count). The van der Waals surface area contributed by atoms with Crippen LogP contribution in [0.4, 0.5) is 11.4 Å². The van der Waals surface area contributed by atoms with E-state index in [2.05, 4.69) is 36.9 Å². The molecule has 8 heteroatoms. The van der Waals surface area contributed by atoms with Crippen molar-refractivity contribution in [3.8, 4) is 0 Å². The number of benzene rings is 3. The van der Waals surface area contributed by atoms with E-state index in [0.29, 0.717) is 30.9 Å². The Hall–Kier alpha value is -2.97. The van der Waals surface area contributed by atoms with Gasteiger partial charge in [0.25, 0.3) is 15.9 Å². The molecule has 0 aromatic heterocycles. The van der Waals surface area contributed by atoms with Gasteiger partial charge in [0.05, 0.1) is 10.6 Å². The zero-order valence-corrected chi connectivity index (χ0v) is 22.9. The number of thioether (sulfide) groups is 1. The molecule has 0 atom stereocenters. The smallest absolute Gasteiger partial charge is 0.264 e. The van der Waals surface area contributed by atoms with Crippen molar-refractivity contribution in [2.24, 2.45) is 0 Å². The minimum Gasteiger partial charge on any atom is -0.368 e. The second kappa shape index (κ2) is 11.0. The van der Waals surface area contributed by atoms with Gasteiger partial charge >= 0.3 is 0 Å². The lowest BCUT2D eigenvalue weighted by Crippen LogP contribution is -2.49. The van der Waals surface area contributed by atoms with Crippen molar-refractivity contribution in [3.63, 3.8) is 0 Å². The molecular formula is C28H33N3O3S2. The minimum absolute atomic E-state index is 0.0271. The van der Waals surface area contributed by atoms with Gasteiger partial charge < -0.3 is 9.80 Å². The van der Waals surface area contributed by atoms with Crippen LogP contribution in [0.3, 0.4) is 0 Å². The zero-order valence-electron chi connectivity index (χ0n) is 21.3. The van der Waals surface area contributed by atoms with Crippen molar-refractivity contribution in [2.45, 2.75) is 30.6 Å². The number of amides is 1. The van der Waals surface area contributed by atoms with E-state index in [1.807, 2.05) is 30.2 Å². The third-order valence-electron chi connectivity index (χ3n) is 6.82. The molecular weight excluding hydrogens is 490 g/mol. The van der Waals surface area contributed by atoms with E-state index in [1.165, 1.54) is 21.1 Å². The third-order valence-corrected chi connectivity index (χ3v) is 9.48. The number of sulfonamides is 1. The van der Waals surface area contributed by atoms with E-state index in [4.69, 9.17) is 0 Å². The molecule has 1 amide bonds. The van der Waals surface area contributed by atoms with E-state index in [1.54, 1.807) is 48.2 Å². The highest BCUT2D eigenvalue weighted by Gasteiger charge is 2.26. The van der Waals surface area contributed by atoms with Crippen LogP contribution < -0.4 is 9.21 Å². The van der Waals surface area contributed by atoms with Gasteiger partial charge in [-0.25, -0.2) is 8.42 Å². The van der Waals surface area contributed by atoms with Crippen LogP contribution in [0.2, 0.25) is 0 Å². The molecule has 0 spiro atoms. The molecule has 0 unspecified atom stereocenters. The second-order valence-corrected chi connectivity index (χ2v) is 11.6. The van der Waals surface area contributed by atoms with Crippen LogP contribution in [0.1, 0.15) is 28.4 Å². The number of piperazine rings is 1. The van der Waals surface area contributed by atoms with E-state index in [9.17, 15) is 13.2 Å². The van der Waals surface area contributed by atoms with Crippen LogP contribution in [0.25, 0.3) is 0 Å². The number of hydrogen-bond acceptors (Lipinski definition) is 5. The van der Waals surface area contributed by atoms with E-state index >= 15 is 0 Å². The molecule has 1 fully saturated rings. The number of carbonyl (C=O) groups is 1. The monoisotopic (exact) mass is 523 g/mol. The summed E-state index contributed by atoms with van der Waals surface area (Å²) in [4.78, 5) is 18.6. The van der Waals surface area contributed by atoms with Crippen LogP contribution in [0.5, 0.6) is 0 Å². The largest absolute Gasteiger partial charge is 0.368 e. The average molecular weight is 524 g/mol. The summed E-state index contributed by atoms with van der Waals surface area (Å²) in [5.41, 5.74) is 4.89. The zero-order chi connectivity index (χ0) is 25.9. The Morgan fingerprint density at radius 3 is 2.14 bits per heavy atom. The summed E-state index contributed by atoms with van der Waals surface area (Å²) >= 11 is 1.57. The summed E-state index contributed by atoms with van der Waals surface area (Å²) in [6, 6.07) is 20.1. The fourth-order valence-corrected chi connectivity index (χ4v) is 6.43. The number of anilines is 2. The van der Waals surface area contributed by atoms with Gasteiger partial charge in [0.1, 0.15) is 0 Å². The SMILES string of the molecule is CCN(c1ccc(C(=O)N2CCN(c3cccc(C)c3C)CC2)cc1)S(=O)(=O)c1ccc(SC)cc1. The molecule has 1 heterocycles. The second-order valence-electron chi connectivity index (χ2n) is 8.89. The molecule has 0 saturated carbocycles. The van der Waals surface area contributed by atoms with Crippen molar-refractivity contribution >= 4 is 39.1 Å². The Kier molecular flexibility index (Phi) is 7.95. The molecule has 6 nitrogen and oxygen atoms in total. The molecule has 0 aliphatic carbocycles. The molecule has 36 heavy (non-hydrogen) atoms. The molecule has 3 aromatic carbocycles. The lowest BCUT2D eigenvalue weighted by atomic mass is 10.1. The summed E-state index contributed by atoms with van der Waals surface area (Å²) in [6.07, 6.45) is 1.95. The Morgan fingerprint density at radius 1 is 0.917 bits per heavy atom. The highest BCUT2D eigenvalue weighted by Crippen LogP contribution is 2.27. The maximum Gasteiger partial charge on any atom is 0.264 e. The highest BCUT2D eigenvalue weighted by molar-refractivity contribution is 7.98. The maximum atomic E-state index is 13.3. The molecule has 190 valence electrons. The normalized spacial score (nSPS) is 14.1. The molecule has 0 N–H and O–H groups in total. The summed E-state index contributed by atoms with van der Waals surface area (Å²) in [6.45, 7) is 9.22. The van der Waals surface area contributed by atoms with Gasteiger partial charge in [-0.05, 0) is 92.8 Å². The standard InChI is InChI=1S/C28H33N3O3S2/c1-5-31(36(33,34)26-15-13-25(35-4)14-16-26)24-11-9-23(10-12-24)28(32)30-19-17-29(18-20-30)27-8-6-7-21(2)22(27)3/h6-16H,5,17-20H2,1-4H3. The van der Waals surface area contributed by atoms with E-state index in [-0.39, 0.29) is 10.8 Å². The van der Waals surface area contributed by atoms with Gasteiger partial charge in [-0.15, -0.1) is 11.8 Å². The first-order chi connectivity index (χ1) is 17.3. The lowest BCUT2D eigenvalue weighted by Gasteiger charge is -2.37. The Bertz CT molecular complexity index is 1320. The highest BCUT2D eigenvalue weighted by atomic mass is 32.2. The van der Waals surface area contributed by atoms with Gasteiger partial charge in [0, 0.05) is 48.9 Å². The third kappa shape index (κ3) is 5.25. The van der Waals surface area contributed by atoms with E-state index in [0.717, 1.165) is 18.0 Å². The first-order valence-electron chi connectivity index (χ1n) is 12.1. The predicted octanol–water partition coefficient (Wildman–Crippen LogP) is 5.20. The molecule has 1 aliphatic heterocycles. The first kappa shape index (κ1) is 26.1. The topological polar surface area (TPSA) is 60.9 Å². The van der Waals surface area contributed by atoms with Gasteiger partial charge in [-0.3, -0.25) is 9.10 Å². The van der Waals surface area contributed by atoms with Crippen LogP contribution in [-0.2, 0) is 10.0 Å². The Balaban J connectivity index is 1.45. The molecule has 0 bridgehead atoms. The van der Waals surface area contributed by atoms with E-state index < -0.39 is 10.0 Å². The summed E-state index contributed by atoms with van der Waals surface area (Å²) in [5.74, 6) is -0.0271. The van der Waals surface area contributed by atoms with Crippen molar-refractivity contribution in [1.82, 2.24) is 4.90 Å². The van der Waals surface area contributed by atoms with Gasteiger partial charge in [-0.2, -0.15) is 0 Å². The van der Waals surface area contributed by atoms with Crippen LogP contribution in [0, 0.1) is 13.8 Å². The molecule has 3 aromatic rings. The van der Waals surface area contributed by atoms with Crippen molar-refractivity contribution in [3.05, 3.63) is 83.4 Å². The molecule has 0 radical (unpaired) electrons. The summed E-state index contributed by atoms with van der Waals surface area (Å²) in [7, 11) is -3.70. The van der Waals surface area contributed by atoms with Gasteiger partial charge in [0.15, 0.2) is 0 Å². The van der Waals surface area contributed by atoms with Crippen LogP contribution in [-0.4, -0.2) is 58.2 Å². The Morgan fingerprint density at radius 2 is 1.56 bits per heavy atom. The maximum absolute atomic E-state index is 13.3. The number of hydrogen-bond donors (Lipinski definition) is 0. The fourth-order valence-electron chi connectivity index (χ4n) is 4.55. The molecule has 1 saturated heterocycles. The number of nitrogens with zero attached hydrogens (tertiary/aromatic N) is 3.